The summed E-state index contributed by atoms with van der Waals surface area (Å²) in [6.45, 7) is 11.2. The van der Waals surface area contributed by atoms with Crippen LogP contribution in [0.3, 0.4) is 0 Å². The van der Waals surface area contributed by atoms with E-state index >= 15 is 0 Å². The van der Waals surface area contributed by atoms with Crippen LogP contribution in [-0.2, 0) is 14.3 Å². The van der Waals surface area contributed by atoms with Gasteiger partial charge >= 0.3 is 43.4 Å². The molecule has 0 aliphatic rings. The van der Waals surface area contributed by atoms with E-state index in [1.165, 1.54) is 44.2 Å². The van der Waals surface area contributed by atoms with Crippen LogP contribution in [-0.4, -0.2) is 105 Å². The van der Waals surface area contributed by atoms with Crippen molar-refractivity contribution in [2.24, 2.45) is 0 Å². The van der Waals surface area contributed by atoms with Gasteiger partial charge in [0.05, 0.1) is 4.90 Å². The van der Waals surface area contributed by atoms with Crippen molar-refractivity contribution in [3.8, 4) is 28.4 Å². The summed E-state index contributed by atoms with van der Waals surface area (Å²) in [5.74, 6) is -18.9. The summed E-state index contributed by atoms with van der Waals surface area (Å²) in [5, 5.41) is 27.0. The van der Waals surface area contributed by atoms with Crippen molar-refractivity contribution in [1.82, 2.24) is 0 Å². The van der Waals surface area contributed by atoms with E-state index < -0.39 is 126 Å². The van der Waals surface area contributed by atoms with E-state index in [9.17, 15) is 101 Å². The SMILES string of the molecule is Cc1cc(Br)cc(F)c1O.Cc1cc(Br)cc(F)c1OCC(F)(F)C(F)C(F)(F)F.Cc1cc(C)c(-c2cc(C)c(OCC(F)(F)C(F)C(F)(F)F)c(F)c2)c(C)c1.Cc1cc(C)c(B(O)O)c(C)c1.Cc1ccc(S(=O)(=O)OCC(F)(F)C(F)C(F)(F)F)cc1. The molecule has 3 unspecified atom stereocenters. The Hall–Kier alpha value is -5.90. The van der Waals surface area contributed by atoms with Gasteiger partial charge in [-0.25, -0.2) is 35.1 Å². The lowest BCUT2D eigenvalue weighted by atomic mass is 9.74. The van der Waals surface area contributed by atoms with Crippen LogP contribution in [0.5, 0.6) is 17.2 Å². The highest BCUT2D eigenvalue weighted by Gasteiger charge is 2.59. The zero-order chi connectivity index (χ0) is 70.7. The Kier molecular flexibility index (Phi) is 28.8. The van der Waals surface area contributed by atoms with Crippen molar-refractivity contribution in [1.29, 1.82) is 0 Å². The van der Waals surface area contributed by atoms with Gasteiger partial charge < -0.3 is 24.6 Å². The van der Waals surface area contributed by atoms with Crippen molar-refractivity contribution in [2.75, 3.05) is 19.8 Å². The molecule has 0 aliphatic heterocycles. The quantitative estimate of drug-likeness (QED) is 0.0528. The van der Waals surface area contributed by atoms with Gasteiger partial charge in [0.1, 0.15) is 6.61 Å². The summed E-state index contributed by atoms with van der Waals surface area (Å²) in [6, 6.07) is 20.0. The Morgan fingerprint density at radius 1 is 0.451 bits per heavy atom. The molecule has 0 saturated carbocycles. The minimum atomic E-state index is -5.82. The molecule has 33 heteroatoms. The first kappa shape index (κ1) is 81.2. The molecule has 0 bridgehead atoms. The first-order valence-electron chi connectivity index (χ1n) is 25.6. The van der Waals surface area contributed by atoms with Crippen LogP contribution in [0.15, 0.2) is 98.8 Å². The van der Waals surface area contributed by atoms with Gasteiger partial charge in [0.2, 0.25) is 0 Å². The summed E-state index contributed by atoms with van der Waals surface area (Å²) in [7, 11) is -6.06. The molecule has 0 amide bonds. The molecule has 0 radical (unpaired) electrons. The number of phenolic OH excluding ortho intramolecular Hbond substituents is 1. The molecule has 0 saturated heterocycles. The van der Waals surface area contributed by atoms with Gasteiger partial charge in [-0.2, -0.15) is 65.5 Å². The number of aromatic hydroxyl groups is 1. The van der Waals surface area contributed by atoms with Gasteiger partial charge in [-0.1, -0.05) is 96.1 Å². The van der Waals surface area contributed by atoms with Gasteiger partial charge in [-0.15, -0.1) is 0 Å². The second-order valence-corrected chi connectivity index (χ2v) is 23.7. The Balaban J connectivity index is 0.000000404. The van der Waals surface area contributed by atoms with Crippen LogP contribution in [0, 0.1) is 86.7 Å². The second-order valence-electron chi connectivity index (χ2n) is 20.3. The van der Waals surface area contributed by atoms with Crippen molar-refractivity contribution < 1.29 is 129 Å². The third-order valence-electron chi connectivity index (χ3n) is 12.1. The highest BCUT2D eigenvalue weighted by molar-refractivity contribution is 9.10. The summed E-state index contributed by atoms with van der Waals surface area (Å²) in [5.41, 5.74) is 9.02. The number of ether oxygens (including phenoxy) is 2. The Labute approximate surface area is 525 Å². The number of hydrogen-bond donors (Lipinski definition) is 3. The first-order chi connectivity index (χ1) is 41.2. The lowest BCUT2D eigenvalue weighted by molar-refractivity contribution is -0.250. The standard InChI is InChI=1S/C20H19F7O.C11H8BrF7O.C11H10F6O3S.C9H13BO2.C7H6BrFO/c1-10-5-11(2)16(12(3)6-10)14-7-13(4)17(15(21)8-14)28-9-19(23,24)18(22)20(25,26)27;1-5-2-6(12)3-7(13)8(5)20-4-10(15,16)9(14)11(17,18)19;1-7-2-4-8(5-3-7)21(18,19)20-6-10(13,14)9(12)11(15,16)17;1-6-4-7(2)9(10(11)12)8(3)5-6;1-4-2-5(8)3-6(9)7(4)10/h5-8,18H,9H2,1-4H3;2-3,9H,4H2,1H3;2-5,9H,6H2,1H3;4-5,11-12H,1-3H3;2-3,10H,1H3. The molecule has 6 rings (SSSR count). The molecule has 6 aromatic rings. The zero-order valence-electron chi connectivity index (χ0n) is 49.0. The van der Waals surface area contributed by atoms with Gasteiger partial charge in [-0.3, -0.25) is 4.18 Å². The number of benzene rings is 6. The molecule has 3 N–H and O–H groups in total. The fourth-order valence-corrected chi connectivity index (χ4v) is 10.1. The average Bonchev–Trinajstić information content (AvgIpc) is 0.955. The van der Waals surface area contributed by atoms with E-state index in [1.54, 1.807) is 19.9 Å². The minimum absolute atomic E-state index is 0.0788. The minimum Gasteiger partial charge on any atom is -0.505 e. The number of aryl methyl sites for hydroxylation is 10. The second kappa shape index (κ2) is 32.3. The molecule has 8 nitrogen and oxygen atoms in total. The van der Waals surface area contributed by atoms with Crippen LogP contribution in [0.4, 0.5) is 92.2 Å². The highest BCUT2D eigenvalue weighted by Crippen LogP contribution is 2.40. The molecule has 0 spiro atoms. The monoisotopic (exact) mass is 1480 g/mol. The van der Waals surface area contributed by atoms with Crippen LogP contribution in [0.1, 0.15) is 55.6 Å². The molecule has 91 heavy (non-hydrogen) atoms. The number of phenols is 1. The number of hydrogen-bond acceptors (Lipinski definition) is 8. The summed E-state index contributed by atoms with van der Waals surface area (Å²) in [4.78, 5) is -0.522. The van der Waals surface area contributed by atoms with E-state index in [0.29, 0.717) is 31.1 Å². The molecule has 3 atom stereocenters. The van der Waals surface area contributed by atoms with Crippen molar-refractivity contribution in [3.05, 3.63) is 167 Å². The van der Waals surface area contributed by atoms with E-state index in [1.807, 2.05) is 65.8 Å². The maximum absolute atomic E-state index is 14.5. The van der Waals surface area contributed by atoms with Crippen molar-refractivity contribution >= 4 is 54.6 Å². The fraction of sp³-hybridized carbons (Fsp3) is 0.379. The number of rotatable bonds is 15. The van der Waals surface area contributed by atoms with Gasteiger partial charge in [0, 0.05) is 8.95 Å². The lowest BCUT2D eigenvalue weighted by Crippen LogP contribution is -2.45. The fourth-order valence-electron chi connectivity index (χ4n) is 8.06. The molecule has 0 heterocycles. The summed E-state index contributed by atoms with van der Waals surface area (Å²) in [6.07, 6.45) is -30.6. The van der Waals surface area contributed by atoms with Gasteiger partial charge in [0.15, 0.2) is 47.9 Å². The van der Waals surface area contributed by atoms with Crippen LogP contribution < -0.4 is 14.9 Å². The zero-order valence-corrected chi connectivity index (χ0v) is 53.0. The average molecular weight is 1480 g/mol. The van der Waals surface area contributed by atoms with E-state index in [-0.39, 0.29) is 16.9 Å². The van der Waals surface area contributed by atoms with E-state index in [0.717, 1.165) is 63.2 Å². The Morgan fingerprint density at radius 3 is 1.14 bits per heavy atom. The normalized spacial score (nSPS) is 13.2. The third-order valence-corrected chi connectivity index (χ3v) is 14.3. The van der Waals surface area contributed by atoms with Crippen LogP contribution in [0.2, 0.25) is 0 Å². The smallest absolute Gasteiger partial charge is 0.488 e. The molecule has 0 aromatic heterocycles. The maximum Gasteiger partial charge on any atom is 0.488 e. The van der Waals surface area contributed by atoms with Crippen LogP contribution in [0.25, 0.3) is 11.1 Å². The van der Waals surface area contributed by atoms with E-state index in [2.05, 4.69) is 45.5 Å². The topological polar surface area (TPSA) is 123 Å². The molecule has 0 aliphatic carbocycles. The first-order valence-corrected chi connectivity index (χ1v) is 28.6. The Morgan fingerprint density at radius 2 is 0.791 bits per heavy atom. The Bertz CT molecular complexity index is 3420. The molecule has 6 aromatic carbocycles. The molecular weight excluding hydrogens is 1430 g/mol. The lowest BCUT2D eigenvalue weighted by Gasteiger charge is -2.23. The number of alkyl halides is 18. The largest absolute Gasteiger partial charge is 0.505 e. The number of halogens is 23. The molecule has 506 valence electrons. The van der Waals surface area contributed by atoms with Gasteiger partial charge in [-0.05, 0) is 162 Å². The molecular formula is C58H56BBr2F21O8S. The van der Waals surface area contributed by atoms with Crippen LogP contribution >= 0.6 is 31.9 Å². The van der Waals surface area contributed by atoms with E-state index in [4.69, 9.17) is 15.2 Å². The summed E-state index contributed by atoms with van der Waals surface area (Å²) < 4.78 is 302. The predicted molar refractivity (Wildman–Crippen MR) is 304 cm³/mol. The van der Waals surface area contributed by atoms with Crippen molar-refractivity contribution in [3.63, 3.8) is 0 Å². The third kappa shape index (κ3) is 24.2. The predicted octanol–water partition coefficient (Wildman–Crippen LogP) is 17.6. The highest BCUT2D eigenvalue weighted by atomic mass is 79.9. The van der Waals surface area contributed by atoms with Gasteiger partial charge in [0.25, 0.3) is 28.6 Å². The maximum atomic E-state index is 14.5. The summed E-state index contributed by atoms with van der Waals surface area (Å²) >= 11 is 6.03. The molecule has 0 fully saturated rings. The van der Waals surface area contributed by atoms with Crippen molar-refractivity contribution in [2.45, 2.75) is 129 Å².